The summed E-state index contributed by atoms with van der Waals surface area (Å²) in [6, 6.07) is 5.53. The molecule has 0 unspecified atom stereocenters. The zero-order chi connectivity index (χ0) is 17.0. The van der Waals surface area contributed by atoms with E-state index in [1.807, 2.05) is 45.9 Å². The lowest BCUT2D eigenvalue weighted by atomic mass is 9.83. The van der Waals surface area contributed by atoms with E-state index in [4.69, 9.17) is 9.47 Å². The summed E-state index contributed by atoms with van der Waals surface area (Å²) in [7, 11) is 0. The van der Waals surface area contributed by atoms with Crippen molar-refractivity contribution < 1.29 is 19.1 Å². The van der Waals surface area contributed by atoms with Crippen LogP contribution in [0.15, 0.2) is 18.2 Å². The average Bonchev–Trinajstić information content (AvgIpc) is 2.51. The monoisotopic (exact) mass is 320 g/mol. The molecule has 1 heterocycles. The number of ether oxygens (including phenoxy) is 2. The van der Waals surface area contributed by atoms with E-state index >= 15 is 0 Å². The fourth-order valence-corrected chi connectivity index (χ4v) is 2.32. The van der Waals surface area contributed by atoms with Crippen LogP contribution in [0.4, 0.5) is 0 Å². The maximum Gasteiger partial charge on any atom is 0.239 e. The molecule has 0 radical (unpaired) electrons. The van der Waals surface area contributed by atoms with Crippen molar-refractivity contribution in [1.29, 1.82) is 0 Å². The van der Waals surface area contributed by atoms with E-state index in [0.29, 0.717) is 24.7 Å². The minimum Gasteiger partial charge on any atom is -0.486 e. The van der Waals surface area contributed by atoms with Gasteiger partial charge in [-0.05, 0) is 45.4 Å². The van der Waals surface area contributed by atoms with Crippen molar-refractivity contribution in [3.05, 3.63) is 23.8 Å². The summed E-state index contributed by atoms with van der Waals surface area (Å²) in [5.74, 6) is 0.916. The number of carbonyl (C=O) groups is 2. The summed E-state index contributed by atoms with van der Waals surface area (Å²) in [5, 5.41) is 5.42. The zero-order valence-electron chi connectivity index (χ0n) is 14.1. The predicted molar refractivity (Wildman–Crippen MR) is 86.7 cm³/mol. The van der Waals surface area contributed by atoms with E-state index in [1.54, 1.807) is 0 Å². The van der Waals surface area contributed by atoms with Crippen LogP contribution in [0.2, 0.25) is 0 Å². The van der Waals surface area contributed by atoms with Crippen LogP contribution in [0.3, 0.4) is 0 Å². The van der Waals surface area contributed by atoms with Gasteiger partial charge in [-0.3, -0.25) is 9.59 Å². The van der Waals surface area contributed by atoms with Gasteiger partial charge < -0.3 is 20.1 Å². The normalized spacial score (nSPS) is 13.6. The van der Waals surface area contributed by atoms with E-state index in [2.05, 4.69) is 10.6 Å². The fourth-order valence-electron chi connectivity index (χ4n) is 2.32. The average molecular weight is 320 g/mol. The number of benzene rings is 1. The summed E-state index contributed by atoms with van der Waals surface area (Å²) in [6.07, 6.45) is 0. The topological polar surface area (TPSA) is 76.7 Å². The van der Waals surface area contributed by atoms with E-state index < -0.39 is 5.41 Å². The molecule has 0 atom stereocenters. The van der Waals surface area contributed by atoms with E-state index in [0.717, 1.165) is 5.56 Å². The molecule has 1 aromatic carbocycles. The van der Waals surface area contributed by atoms with Crippen LogP contribution < -0.4 is 20.1 Å². The van der Waals surface area contributed by atoms with Crippen molar-refractivity contribution in [2.24, 2.45) is 0 Å². The fraction of sp³-hybridized carbons (Fsp3) is 0.529. The van der Waals surface area contributed by atoms with Crippen LogP contribution in [0, 0.1) is 0 Å². The molecule has 1 aliphatic rings. The molecule has 0 bridgehead atoms. The lowest BCUT2D eigenvalue weighted by Gasteiger charge is -2.26. The third-order valence-corrected chi connectivity index (χ3v) is 3.69. The first-order valence-electron chi connectivity index (χ1n) is 7.78. The Morgan fingerprint density at radius 1 is 1.17 bits per heavy atom. The number of amides is 2. The zero-order valence-corrected chi connectivity index (χ0v) is 14.1. The highest BCUT2D eigenvalue weighted by Gasteiger charge is 2.31. The van der Waals surface area contributed by atoms with Gasteiger partial charge in [0.1, 0.15) is 13.2 Å². The standard InChI is InChI=1S/C17H24N2O4/c1-11(2)19-15(20)10-18-16(21)17(3,4)12-5-6-13-14(9-12)23-8-7-22-13/h5-6,9,11H,7-8,10H2,1-4H3,(H,18,21)(H,19,20). The molecular formula is C17H24N2O4. The lowest BCUT2D eigenvalue weighted by Crippen LogP contribution is -2.45. The maximum atomic E-state index is 12.5. The van der Waals surface area contributed by atoms with Crippen LogP contribution in [-0.2, 0) is 15.0 Å². The van der Waals surface area contributed by atoms with Crippen molar-refractivity contribution in [3.8, 4) is 11.5 Å². The molecule has 126 valence electrons. The van der Waals surface area contributed by atoms with Gasteiger partial charge in [-0.1, -0.05) is 6.07 Å². The molecule has 1 aromatic rings. The molecule has 6 nitrogen and oxygen atoms in total. The Kier molecular flexibility index (Phi) is 5.13. The number of rotatable bonds is 5. The summed E-state index contributed by atoms with van der Waals surface area (Å²) in [5.41, 5.74) is 0.0250. The Bertz CT molecular complexity index is 596. The molecule has 0 spiro atoms. The van der Waals surface area contributed by atoms with Crippen LogP contribution in [-0.4, -0.2) is 37.6 Å². The smallest absolute Gasteiger partial charge is 0.239 e. The van der Waals surface area contributed by atoms with Crippen LogP contribution in [0.1, 0.15) is 33.3 Å². The maximum absolute atomic E-state index is 12.5. The van der Waals surface area contributed by atoms with Gasteiger partial charge in [0.25, 0.3) is 0 Å². The van der Waals surface area contributed by atoms with Gasteiger partial charge in [0.2, 0.25) is 11.8 Å². The minimum absolute atomic E-state index is 0.0367. The quantitative estimate of drug-likeness (QED) is 0.859. The highest BCUT2D eigenvalue weighted by Crippen LogP contribution is 2.35. The molecule has 2 rings (SSSR count). The molecule has 23 heavy (non-hydrogen) atoms. The molecule has 0 fully saturated rings. The molecule has 0 saturated heterocycles. The lowest BCUT2D eigenvalue weighted by molar-refractivity contribution is -0.129. The number of fused-ring (bicyclic) bond motifs is 1. The van der Waals surface area contributed by atoms with E-state index in [9.17, 15) is 9.59 Å². The highest BCUT2D eigenvalue weighted by molar-refractivity contribution is 5.91. The number of carbonyl (C=O) groups excluding carboxylic acids is 2. The number of hydrogen-bond donors (Lipinski definition) is 2. The SMILES string of the molecule is CC(C)NC(=O)CNC(=O)C(C)(C)c1ccc2c(c1)OCCO2. The second-order valence-corrected chi connectivity index (χ2v) is 6.39. The predicted octanol–water partition coefficient (Wildman–Crippen LogP) is 1.38. The summed E-state index contributed by atoms with van der Waals surface area (Å²) < 4.78 is 11.0. The summed E-state index contributed by atoms with van der Waals surface area (Å²) in [4.78, 5) is 24.1. The van der Waals surface area contributed by atoms with Crippen molar-refractivity contribution >= 4 is 11.8 Å². The Balaban J connectivity index is 2.05. The number of nitrogens with one attached hydrogen (secondary N) is 2. The van der Waals surface area contributed by atoms with Gasteiger partial charge in [-0.2, -0.15) is 0 Å². The van der Waals surface area contributed by atoms with Crippen molar-refractivity contribution in [2.45, 2.75) is 39.2 Å². The molecular weight excluding hydrogens is 296 g/mol. The summed E-state index contributed by atoms with van der Waals surface area (Å²) >= 11 is 0. The van der Waals surface area contributed by atoms with Crippen molar-refractivity contribution in [1.82, 2.24) is 10.6 Å². The Labute approximate surface area is 136 Å². The van der Waals surface area contributed by atoms with Gasteiger partial charge in [0.15, 0.2) is 11.5 Å². The van der Waals surface area contributed by atoms with Crippen LogP contribution in [0.25, 0.3) is 0 Å². The highest BCUT2D eigenvalue weighted by atomic mass is 16.6. The molecule has 1 aliphatic heterocycles. The molecule has 0 saturated carbocycles. The first kappa shape index (κ1) is 17.1. The Morgan fingerprint density at radius 2 is 1.83 bits per heavy atom. The van der Waals surface area contributed by atoms with E-state index in [1.165, 1.54) is 0 Å². The number of hydrogen-bond acceptors (Lipinski definition) is 4. The van der Waals surface area contributed by atoms with E-state index in [-0.39, 0.29) is 24.4 Å². The molecule has 2 amide bonds. The first-order chi connectivity index (χ1) is 10.8. The Hall–Kier alpha value is -2.24. The second kappa shape index (κ2) is 6.89. The minimum atomic E-state index is -0.784. The largest absolute Gasteiger partial charge is 0.486 e. The second-order valence-electron chi connectivity index (χ2n) is 6.39. The molecule has 2 N–H and O–H groups in total. The van der Waals surface area contributed by atoms with Crippen molar-refractivity contribution in [2.75, 3.05) is 19.8 Å². The van der Waals surface area contributed by atoms with Gasteiger partial charge in [-0.25, -0.2) is 0 Å². The third-order valence-electron chi connectivity index (χ3n) is 3.69. The van der Waals surface area contributed by atoms with Gasteiger partial charge in [0, 0.05) is 6.04 Å². The Morgan fingerprint density at radius 3 is 2.48 bits per heavy atom. The third kappa shape index (κ3) is 4.15. The molecule has 6 heteroatoms. The van der Waals surface area contributed by atoms with Crippen LogP contribution in [0.5, 0.6) is 11.5 Å². The van der Waals surface area contributed by atoms with Crippen LogP contribution >= 0.6 is 0 Å². The summed E-state index contributed by atoms with van der Waals surface area (Å²) in [6.45, 7) is 8.37. The van der Waals surface area contributed by atoms with Gasteiger partial charge in [0.05, 0.1) is 12.0 Å². The molecule has 0 aliphatic carbocycles. The van der Waals surface area contributed by atoms with Gasteiger partial charge in [-0.15, -0.1) is 0 Å². The first-order valence-corrected chi connectivity index (χ1v) is 7.78. The van der Waals surface area contributed by atoms with Crippen molar-refractivity contribution in [3.63, 3.8) is 0 Å². The molecule has 0 aromatic heterocycles. The van der Waals surface area contributed by atoms with Gasteiger partial charge >= 0.3 is 0 Å².